The zero-order chi connectivity index (χ0) is 11.0. The van der Waals surface area contributed by atoms with E-state index in [9.17, 15) is 0 Å². The Bertz CT molecular complexity index is 161. The molecule has 0 aliphatic rings. The molecule has 0 amide bonds. The molecule has 4 nitrogen and oxygen atoms in total. The summed E-state index contributed by atoms with van der Waals surface area (Å²) >= 11 is 0. The Hall–Kier alpha value is -0.610. The number of hydrogen-bond acceptors (Lipinski definition) is 3. The lowest BCUT2D eigenvalue weighted by molar-refractivity contribution is 0.186. The minimum absolute atomic E-state index is 0.0819. The SMILES string of the molecule is CCCCN(CCO)CC(C)C(=N)N. The summed E-state index contributed by atoms with van der Waals surface area (Å²) in [5.74, 6) is 0.308. The molecule has 1 atom stereocenters. The highest BCUT2D eigenvalue weighted by atomic mass is 16.3. The topological polar surface area (TPSA) is 73.3 Å². The Morgan fingerprint density at radius 3 is 2.57 bits per heavy atom. The van der Waals surface area contributed by atoms with Gasteiger partial charge in [0.1, 0.15) is 0 Å². The van der Waals surface area contributed by atoms with Crippen molar-refractivity contribution in [3.05, 3.63) is 0 Å². The fourth-order valence-electron chi connectivity index (χ4n) is 1.30. The van der Waals surface area contributed by atoms with Crippen LogP contribution in [0.4, 0.5) is 0 Å². The maximum Gasteiger partial charge on any atom is 0.0947 e. The Morgan fingerprint density at radius 2 is 2.14 bits per heavy atom. The highest BCUT2D eigenvalue weighted by Crippen LogP contribution is 2.01. The summed E-state index contributed by atoms with van der Waals surface area (Å²) in [6.07, 6.45) is 2.28. The molecule has 0 radical (unpaired) electrons. The van der Waals surface area contributed by atoms with E-state index in [0.29, 0.717) is 6.54 Å². The molecule has 0 heterocycles. The first-order valence-corrected chi connectivity index (χ1v) is 5.28. The van der Waals surface area contributed by atoms with Crippen molar-refractivity contribution in [1.29, 1.82) is 5.41 Å². The van der Waals surface area contributed by atoms with Crippen molar-refractivity contribution in [2.24, 2.45) is 11.7 Å². The second-order valence-electron chi connectivity index (χ2n) is 3.73. The third kappa shape index (κ3) is 5.94. The van der Waals surface area contributed by atoms with Crippen LogP contribution in [-0.4, -0.2) is 42.1 Å². The second kappa shape index (κ2) is 7.76. The lowest BCUT2D eigenvalue weighted by Gasteiger charge is -2.24. The van der Waals surface area contributed by atoms with Crippen molar-refractivity contribution < 1.29 is 5.11 Å². The van der Waals surface area contributed by atoms with E-state index in [1.54, 1.807) is 0 Å². The molecule has 0 fully saturated rings. The average molecular weight is 201 g/mol. The number of amidine groups is 1. The molecule has 4 N–H and O–H groups in total. The minimum atomic E-state index is 0.0819. The van der Waals surface area contributed by atoms with Gasteiger partial charge in [-0.1, -0.05) is 20.3 Å². The van der Waals surface area contributed by atoms with Gasteiger partial charge in [-0.05, 0) is 13.0 Å². The maximum absolute atomic E-state index is 8.86. The number of nitrogens with one attached hydrogen (secondary N) is 1. The predicted octanol–water partition coefficient (Wildman–Crippen LogP) is 0.653. The van der Waals surface area contributed by atoms with E-state index in [1.165, 1.54) is 0 Å². The zero-order valence-corrected chi connectivity index (χ0v) is 9.29. The van der Waals surface area contributed by atoms with Gasteiger partial charge in [-0.3, -0.25) is 5.41 Å². The molecule has 0 spiro atoms. The van der Waals surface area contributed by atoms with Crippen LogP contribution in [0, 0.1) is 11.3 Å². The second-order valence-corrected chi connectivity index (χ2v) is 3.73. The first kappa shape index (κ1) is 13.4. The highest BCUT2D eigenvalue weighted by Gasteiger charge is 2.11. The van der Waals surface area contributed by atoms with Crippen molar-refractivity contribution in [1.82, 2.24) is 4.90 Å². The molecular weight excluding hydrogens is 178 g/mol. The van der Waals surface area contributed by atoms with Gasteiger partial charge >= 0.3 is 0 Å². The number of nitrogens with zero attached hydrogens (tertiary/aromatic N) is 1. The fourth-order valence-corrected chi connectivity index (χ4v) is 1.30. The Kier molecular flexibility index (Phi) is 7.42. The molecule has 0 bridgehead atoms. The molecule has 0 rings (SSSR count). The third-order valence-corrected chi connectivity index (χ3v) is 2.31. The summed E-state index contributed by atoms with van der Waals surface area (Å²) in [5, 5.41) is 16.2. The number of aliphatic hydroxyl groups is 1. The Balaban J connectivity index is 3.87. The van der Waals surface area contributed by atoms with E-state index in [1.807, 2.05) is 6.92 Å². The fraction of sp³-hybridized carbons (Fsp3) is 0.900. The Labute approximate surface area is 86.6 Å². The van der Waals surface area contributed by atoms with Crippen LogP contribution < -0.4 is 5.73 Å². The van der Waals surface area contributed by atoms with Crippen LogP contribution in [0.2, 0.25) is 0 Å². The van der Waals surface area contributed by atoms with E-state index >= 15 is 0 Å². The van der Waals surface area contributed by atoms with Gasteiger partial charge in [0, 0.05) is 19.0 Å². The van der Waals surface area contributed by atoms with Crippen LogP contribution in [-0.2, 0) is 0 Å². The van der Waals surface area contributed by atoms with Gasteiger partial charge in [0.05, 0.1) is 12.4 Å². The molecule has 4 heteroatoms. The van der Waals surface area contributed by atoms with Crippen LogP contribution in [0.25, 0.3) is 0 Å². The largest absolute Gasteiger partial charge is 0.395 e. The average Bonchev–Trinajstić information content (AvgIpc) is 2.14. The van der Waals surface area contributed by atoms with Gasteiger partial charge in [0.25, 0.3) is 0 Å². The molecule has 0 saturated carbocycles. The summed E-state index contributed by atoms with van der Waals surface area (Å²) in [5.41, 5.74) is 5.40. The highest BCUT2D eigenvalue weighted by molar-refractivity contribution is 5.79. The van der Waals surface area contributed by atoms with Gasteiger partial charge in [-0.2, -0.15) is 0 Å². The molecular formula is C10H23N3O. The van der Waals surface area contributed by atoms with E-state index in [0.717, 1.165) is 25.9 Å². The smallest absolute Gasteiger partial charge is 0.0947 e. The van der Waals surface area contributed by atoms with Gasteiger partial charge < -0.3 is 15.7 Å². The number of unbranched alkanes of at least 4 members (excludes halogenated alkanes) is 1. The first-order valence-electron chi connectivity index (χ1n) is 5.28. The summed E-state index contributed by atoms with van der Waals surface area (Å²) in [4.78, 5) is 2.16. The van der Waals surface area contributed by atoms with Crippen LogP contribution in [0.1, 0.15) is 26.7 Å². The number of aliphatic hydroxyl groups excluding tert-OH is 1. The van der Waals surface area contributed by atoms with Crippen molar-refractivity contribution in [2.75, 3.05) is 26.2 Å². The number of hydrogen-bond donors (Lipinski definition) is 3. The quantitative estimate of drug-likeness (QED) is 0.399. The Morgan fingerprint density at radius 1 is 1.50 bits per heavy atom. The van der Waals surface area contributed by atoms with Crippen molar-refractivity contribution in [3.63, 3.8) is 0 Å². The lowest BCUT2D eigenvalue weighted by atomic mass is 10.1. The molecule has 0 aromatic carbocycles. The standard InChI is InChI=1S/C10H23N3O/c1-3-4-5-13(6-7-14)8-9(2)10(11)12/h9,14H,3-8H2,1-2H3,(H3,11,12). The molecule has 84 valence electrons. The van der Waals surface area contributed by atoms with Crippen LogP contribution >= 0.6 is 0 Å². The summed E-state index contributed by atoms with van der Waals surface area (Å²) in [6.45, 7) is 6.70. The maximum atomic E-state index is 8.86. The van der Waals surface area contributed by atoms with Gasteiger partial charge in [-0.25, -0.2) is 0 Å². The normalized spacial score (nSPS) is 13.1. The number of rotatable bonds is 8. The molecule has 0 aliphatic heterocycles. The minimum Gasteiger partial charge on any atom is -0.395 e. The summed E-state index contributed by atoms with van der Waals surface area (Å²) in [6, 6.07) is 0. The molecule has 0 aromatic rings. The zero-order valence-electron chi connectivity index (χ0n) is 9.29. The van der Waals surface area contributed by atoms with Crippen LogP contribution in [0.5, 0.6) is 0 Å². The van der Waals surface area contributed by atoms with Gasteiger partial charge in [0.2, 0.25) is 0 Å². The van der Waals surface area contributed by atoms with Gasteiger partial charge in [0.15, 0.2) is 0 Å². The number of nitrogens with two attached hydrogens (primary N) is 1. The predicted molar refractivity (Wildman–Crippen MR) is 59.5 cm³/mol. The van der Waals surface area contributed by atoms with Crippen molar-refractivity contribution in [2.45, 2.75) is 26.7 Å². The van der Waals surface area contributed by atoms with E-state index < -0.39 is 0 Å². The van der Waals surface area contributed by atoms with E-state index in [2.05, 4.69) is 11.8 Å². The van der Waals surface area contributed by atoms with E-state index in [4.69, 9.17) is 16.2 Å². The van der Waals surface area contributed by atoms with Crippen LogP contribution in [0.3, 0.4) is 0 Å². The lowest BCUT2D eigenvalue weighted by Crippen LogP contribution is -2.36. The molecule has 14 heavy (non-hydrogen) atoms. The monoisotopic (exact) mass is 201 g/mol. The molecule has 0 saturated heterocycles. The summed E-state index contributed by atoms with van der Waals surface area (Å²) < 4.78 is 0. The van der Waals surface area contributed by atoms with Crippen LogP contribution in [0.15, 0.2) is 0 Å². The molecule has 0 aromatic heterocycles. The van der Waals surface area contributed by atoms with Gasteiger partial charge in [-0.15, -0.1) is 0 Å². The van der Waals surface area contributed by atoms with Crippen molar-refractivity contribution in [3.8, 4) is 0 Å². The summed E-state index contributed by atoms with van der Waals surface area (Å²) in [7, 11) is 0. The first-order chi connectivity index (χ1) is 6.61. The van der Waals surface area contributed by atoms with E-state index in [-0.39, 0.29) is 18.4 Å². The third-order valence-electron chi connectivity index (χ3n) is 2.31. The molecule has 1 unspecified atom stereocenters. The van der Waals surface area contributed by atoms with Crippen molar-refractivity contribution >= 4 is 5.84 Å². The molecule has 0 aliphatic carbocycles.